The van der Waals surface area contributed by atoms with Gasteiger partial charge < -0.3 is 14.7 Å². The molecule has 0 saturated carbocycles. The highest BCUT2D eigenvalue weighted by Gasteiger charge is 2.46. The van der Waals surface area contributed by atoms with Gasteiger partial charge in [-0.3, -0.25) is 0 Å². The van der Waals surface area contributed by atoms with Gasteiger partial charge >= 0.3 is 0 Å². The van der Waals surface area contributed by atoms with E-state index < -0.39 is 0 Å². The van der Waals surface area contributed by atoms with E-state index in [1.165, 1.54) is 94.9 Å². The zero-order valence-electron chi connectivity index (χ0n) is 44.5. The standard InChI is InChI=1S/C69H66BN3/c1-66(2,3)46-30-33-50(34-31-46)72-62-44-52(71(49-24-16-13-17-25-49)60-29-21-19-26-53(60)45-22-14-12-15-23-45)36-38-58(62)70-59-40-47(67(4,5)6)32-39-61(59)73(64-42-48(68(7,8)9)41-63(72)65(64)70)51-35-37-55-54-27-18-20-28-56(54)69(10,11)57(55)43-51/h12-44H,1-11H3. The Morgan fingerprint density at radius 2 is 0.945 bits per heavy atom. The summed E-state index contributed by atoms with van der Waals surface area (Å²) in [4.78, 5) is 7.67. The lowest BCUT2D eigenvalue weighted by Gasteiger charge is -2.46. The third-order valence-electron chi connectivity index (χ3n) is 16.1. The monoisotopic (exact) mass is 948 g/mol. The van der Waals surface area contributed by atoms with Crippen LogP contribution >= 0.6 is 0 Å². The number of benzene rings is 9. The first-order valence-electron chi connectivity index (χ1n) is 26.3. The molecule has 0 radical (unpaired) electrons. The van der Waals surface area contributed by atoms with Crippen LogP contribution in [0.3, 0.4) is 0 Å². The third kappa shape index (κ3) is 7.63. The lowest BCUT2D eigenvalue weighted by atomic mass is 9.33. The number of fused-ring (bicyclic) bond motifs is 7. The molecule has 0 fully saturated rings. The summed E-state index contributed by atoms with van der Waals surface area (Å²) in [5.74, 6) is 0. The van der Waals surface area contributed by atoms with Crippen LogP contribution in [0.25, 0.3) is 22.3 Å². The molecule has 3 aliphatic rings. The molecule has 9 aromatic carbocycles. The molecule has 0 bridgehead atoms. The molecule has 0 amide bonds. The van der Waals surface area contributed by atoms with Crippen LogP contribution in [0.4, 0.5) is 51.2 Å². The number of anilines is 9. The molecule has 4 heteroatoms. The maximum absolute atomic E-state index is 2.61. The highest BCUT2D eigenvalue weighted by Crippen LogP contribution is 2.53. The Morgan fingerprint density at radius 1 is 0.384 bits per heavy atom. The normalized spacial score (nSPS) is 14.3. The minimum Gasteiger partial charge on any atom is -0.311 e. The molecule has 12 rings (SSSR count). The predicted octanol–water partition coefficient (Wildman–Crippen LogP) is 17.1. The fourth-order valence-corrected chi connectivity index (χ4v) is 12.1. The van der Waals surface area contributed by atoms with Crippen molar-refractivity contribution in [3.63, 3.8) is 0 Å². The van der Waals surface area contributed by atoms with Crippen LogP contribution in [-0.4, -0.2) is 6.71 Å². The lowest BCUT2D eigenvalue weighted by molar-refractivity contribution is 0.590. The quantitative estimate of drug-likeness (QED) is 0.154. The zero-order valence-corrected chi connectivity index (χ0v) is 44.5. The second-order valence-corrected chi connectivity index (χ2v) is 24.3. The van der Waals surface area contributed by atoms with Crippen LogP contribution < -0.4 is 31.1 Å². The highest BCUT2D eigenvalue weighted by atomic mass is 15.2. The molecule has 1 aliphatic carbocycles. The van der Waals surface area contributed by atoms with Crippen LogP contribution in [0.1, 0.15) is 104 Å². The Labute approximate surface area is 434 Å². The smallest absolute Gasteiger partial charge is 0.252 e. The molecular weight excluding hydrogens is 882 g/mol. The third-order valence-corrected chi connectivity index (χ3v) is 16.1. The SMILES string of the molecule is CC(C)(C)c1ccc(N2c3cc(N(c4ccccc4)c4ccccc4-c4ccccc4)ccc3B3c4cc(C(C)(C)C)ccc4N(c4ccc5c(c4)C(C)(C)c4ccccc4-5)c4cc(C(C)(C)C)cc2c43)cc1. The van der Waals surface area contributed by atoms with E-state index in [0.29, 0.717) is 0 Å². The van der Waals surface area contributed by atoms with Crippen molar-refractivity contribution >= 4 is 74.3 Å². The van der Waals surface area contributed by atoms with Crippen molar-refractivity contribution in [2.45, 2.75) is 97.8 Å². The van der Waals surface area contributed by atoms with Gasteiger partial charge in [-0.25, -0.2) is 0 Å². The molecule has 3 nitrogen and oxygen atoms in total. The van der Waals surface area contributed by atoms with Gasteiger partial charge in [0.25, 0.3) is 6.71 Å². The number of nitrogens with zero attached hydrogens (tertiary/aromatic N) is 3. The molecule has 0 atom stereocenters. The van der Waals surface area contributed by atoms with Crippen molar-refractivity contribution < 1.29 is 0 Å². The van der Waals surface area contributed by atoms with Crippen LogP contribution in [0, 0.1) is 0 Å². The summed E-state index contributed by atoms with van der Waals surface area (Å²) >= 11 is 0. The summed E-state index contributed by atoms with van der Waals surface area (Å²) < 4.78 is 0. The van der Waals surface area contributed by atoms with Crippen molar-refractivity contribution in [2.24, 2.45) is 0 Å². The number of rotatable bonds is 6. The second kappa shape index (κ2) is 16.8. The fraction of sp³-hybridized carbons (Fsp3) is 0.217. The minimum absolute atomic E-state index is 0.00497. The van der Waals surface area contributed by atoms with Gasteiger partial charge in [-0.15, -0.1) is 0 Å². The van der Waals surface area contributed by atoms with E-state index in [-0.39, 0.29) is 28.4 Å². The molecular formula is C69H66BN3. The van der Waals surface area contributed by atoms with Crippen molar-refractivity contribution in [3.8, 4) is 22.3 Å². The molecule has 73 heavy (non-hydrogen) atoms. The van der Waals surface area contributed by atoms with E-state index in [2.05, 4.69) is 291 Å². The Kier molecular flexibility index (Phi) is 10.7. The van der Waals surface area contributed by atoms with Crippen LogP contribution in [0.2, 0.25) is 0 Å². The van der Waals surface area contributed by atoms with Crippen molar-refractivity contribution in [1.82, 2.24) is 0 Å². The van der Waals surface area contributed by atoms with Crippen molar-refractivity contribution in [1.29, 1.82) is 0 Å². The maximum atomic E-state index is 2.61. The van der Waals surface area contributed by atoms with Gasteiger partial charge in [0.2, 0.25) is 0 Å². The van der Waals surface area contributed by atoms with Gasteiger partial charge in [0.1, 0.15) is 0 Å². The summed E-state index contributed by atoms with van der Waals surface area (Å²) in [6.07, 6.45) is 0. The Morgan fingerprint density at radius 3 is 1.62 bits per heavy atom. The number of para-hydroxylation sites is 2. The molecule has 0 spiro atoms. The average molecular weight is 948 g/mol. The van der Waals surface area contributed by atoms with E-state index in [4.69, 9.17) is 0 Å². The summed E-state index contributed by atoms with van der Waals surface area (Å²) in [5.41, 5.74) is 25.9. The second-order valence-electron chi connectivity index (χ2n) is 24.3. The van der Waals surface area contributed by atoms with Gasteiger partial charge in [0.05, 0.1) is 5.69 Å². The average Bonchev–Trinajstić information content (AvgIpc) is 3.61. The first-order valence-corrected chi connectivity index (χ1v) is 26.3. The van der Waals surface area contributed by atoms with E-state index in [1.807, 2.05) is 0 Å². The molecule has 0 aromatic heterocycles. The van der Waals surface area contributed by atoms with Gasteiger partial charge in [-0.1, -0.05) is 204 Å². The lowest BCUT2D eigenvalue weighted by Crippen LogP contribution is -2.61. The predicted molar refractivity (Wildman–Crippen MR) is 314 cm³/mol. The first-order chi connectivity index (χ1) is 34.9. The van der Waals surface area contributed by atoms with E-state index in [1.54, 1.807) is 0 Å². The molecule has 0 saturated heterocycles. The zero-order chi connectivity index (χ0) is 50.8. The minimum atomic E-state index is -0.153. The molecule has 9 aromatic rings. The van der Waals surface area contributed by atoms with Crippen LogP contribution in [0.5, 0.6) is 0 Å². The maximum Gasteiger partial charge on any atom is 0.252 e. The summed E-state index contributed by atoms with van der Waals surface area (Å²) in [6, 6.07) is 76.0. The Hall–Kier alpha value is -7.56. The van der Waals surface area contributed by atoms with Gasteiger partial charge in [0, 0.05) is 56.5 Å². The Balaban J connectivity index is 1.16. The molecule has 2 heterocycles. The molecule has 0 unspecified atom stereocenters. The van der Waals surface area contributed by atoms with E-state index in [9.17, 15) is 0 Å². The van der Waals surface area contributed by atoms with Gasteiger partial charge in [-0.05, 0) is 150 Å². The van der Waals surface area contributed by atoms with E-state index in [0.717, 1.165) is 22.7 Å². The van der Waals surface area contributed by atoms with Gasteiger partial charge in [-0.2, -0.15) is 0 Å². The van der Waals surface area contributed by atoms with E-state index >= 15 is 0 Å². The molecule has 2 aliphatic heterocycles. The summed E-state index contributed by atoms with van der Waals surface area (Å²) in [5, 5.41) is 0. The Bertz CT molecular complexity index is 3610. The first kappa shape index (κ1) is 46.5. The molecule has 360 valence electrons. The number of hydrogen-bond acceptors (Lipinski definition) is 3. The van der Waals surface area contributed by atoms with Gasteiger partial charge in [0.15, 0.2) is 0 Å². The number of hydrogen-bond donors (Lipinski definition) is 0. The van der Waals surface area contributed by atoms with Crippen LogP contribution in [-0.2, 0) is 21.7 Å². The van der Waals surface area contributed by atoms with Crippen molar-refractivity contribution in [3.05, 3.63) is 228 Å². The van der Waals surface area contributed by atoms with Crippen LogP contribution in [0.15, 0.2) is 200 Å². The summed E-state index contributed by atoms with van der Waals surface area (Å²) in [6.45, 7) is 25.8. The highest BCUT2D eigenvalue weighted by molar-refractivity contribution is 7.00. The summed E-state index contributed by atoms with van der Waals surface area (Å²) in [7, 11) is 0. The largest absolute Gasteiger partial charge is 0.311 e. The molecule has 0 N–H and O–H groups in total. The fourth-order valence-electron chi connectivity index (χ4n) is 12.1. The van der Waals surface area contributed by atoms with Crippen molar-refractivity contribution in [2.75, 3.05) is 14.7 Å². The topological polar surface area (TPSA) is 9.72 Å².